The van der Waals surface area contributed by atoms with Gasteiger partial charge >= 0.3 is 5.97 Å². The Bertz CT molecular complexity index is 301. The SMILES string of the molecule is CC1CC(C(=O)O)C(C(=O)N(CCO)CCO)C1. The summed E-state index contributed by atoms with van der Waals surface area (Å²) >= 11 is 0. The maximum atomic E-state index is 12.2. The molecular weight excluding hydrogens is 238 g/mol. The molecule has 1 saturated carbocycles. The molecule has 0 aromatic carbocycles. The monoisotopic (exact) mass is 259 g/mol. The first-order valence-corrected chi connectivity index (χ1v) is 6.24. The molecule has 3 unspecified atom stereocenters. The highest BCUT2D eigenvalue weighted by molar-refractivity contribution is 5.85. The lowest BCUT2D eigenvalue weighted by atomic mass is 9.94. The van der Waals surface area contributed by atoms with Crippen molar-refractivity contribution in [3.63, 3.8) is 0 Å². The Hall–Kier alpha value is -1.14. The van der Waals surface area contributed by atoms with E-state index in [-0.39, 0.29) is 38.1 Å². The second-order valence-electron chi connectivity index (χ2n) is 4.90. The summed E-state index contributed by atoms with van der Waals surface area (Å²) < 4.78 is 0. The van der Waals surface area contributed by atoms with Crippen molar-refractivity contribution in [2.24, 2.45) is 17.8 Å². The van der Waals surface area contributed by atoms with Gasteiger partial charge in [-0.15, -0.1) is 0 Å². The summed E-state index contributed by atoms with van der Waals surface area (Å²) in [4.78, 5) is 24.7. The molecule has 3 atom stereocenters. The number of carboxylic acids is 1. The highest BCUT2D eigenvalue weighted by Gasteiger charge is 2.42. The fourth-order valence-corrected chi connectivity index (χ4v) is 2.65. The standard InChI is InChI=1S/C12H21NO5/c1-8-6-9(10(7-8)12(17)18)11(16)13(2-4-14)3-5-15/h8-10,14-15H,2-7H2,1H3,(H,17,18). The number of carbonyl (C=O) groups is 2. The van der Waals surface area contributed by atoms with E-state index >= 15 is 0 Å². The van der Waals surface area contributed by atoms with E-state index in [1.165, 1.54) is 4.90 Å². The van der Waals surface area contributed by atoms with Crippen LogP contribution in [0.25, 0.3) is 0 Å². The number of aliphatic carboxylic acids is 1. The highest BCUT2D eigenvalue weighted by Crippen LogP contribution is 2.37. The zero-order valence-electron chi connectivity index (χ0n) is 10.6. The zero-order valence-corrected chi connectivity index (χ0v) is 10.6. The first-order valence-electron chi connectivity index (χ1n) is 6.24. The molecule has 6 nitrogen and oxygen atoms in total. The fourth-order valence-electron chi connectivity index (χ4n) is 2.65. The van der Waals surface area contributed by atoms with Gasteiger partial charge in [0.25, 0.3) is 0 Å². The van der Waals surface area contributed by atoms with E-state index in [1.807, 2.05) is 6.92 Å². The van der Waals surface area contributed by atoms with E-state index in [0.29, 0.717) is 12.8 Å². The van der Waals surface area contributed by atoms with Crippen molar-refractivity contribution >= 4 is 11.9 Å². The molecule has 0 bridgehead atoms. The molecule has 0 aromatic heterocycles. The summed E-state index contributed by atoms with van der Waals surface area (Å²) in [7, 11) is 0. The van der Waals surface area contributed by atoms with Crippen LogP contribution in [0.3, 0.4) is 0 Å². The molecule has 1 rings (SSSR count). The minimum atomic E-state index is -0.939. The Balaban J connectivity index is 2.76. The van der Waals surface area contributed by atoms with Crippen LogP contribution in [0, 0.1) is 17.8 Å². The van der Waals surface area contributed by atoms with Crippen molar-refractivity contribution < 1.29 is 24.9 Å². The van der Waals surface area contributed by atoms with Crippen LogP contribution < -0.4 is 0 Å². The smallest absolute Gasteiger partial charge is 0.307 e. The van der Waals surface area contributed by atoms with Gasteiger partial charge in [-0.1, -0.05) is 6.92 Å². The van der Waals surface area contributed by atoms with Gasteiger partial charge in [0, 0.05) is 13.1 Å². The summed E-state index contributed by atoms with van der Waals surface area (Å²) in [6, 6.07) is 0. The van der Waals surface area contributed by atoms with Gasteiger partial charge in [-0.25, -0.2) is 0 Å². The van der Waals surface area contributed by atoms with Gasteiger partial charge in [0.05, 0.1) is 25.0 Å². The van der Waals surface area contributed by atoms with Crippen LogP contribution in [0.2, 0.25) is 0 Å². The molecule has 1 aliphatic carbocycles. The Kier molecular flexibility index (Phi) is 5.55. The number of rotatable bonds is 6. The average Bonchev–Trinajstić information content (AvgIpc) is 2.70. The molecule has 0 aromatic rings. The molecule has 18 heavy (non-hydrogen) atoms. The first-order chi connectivity index (χ1) is 8.51. The quantitative estimate of drug-likeness (QED) is 0.600. The predicted octanol–water partition coefficient (Wildman–Crippen LogP) is -0.453. The Morgan fingerprint density at radius 2 is 1.61 bits per heavy atom. The number of hydrogen-bond donors (Lipinski definition) is 3. The number of hydrogen-bond acceptors (Lipinski definition) is 4. The Morgan fingerprint density at radius 1 is 1.11 bits per heavy atom. The molecule has 1 aliphatic rings. The van der Waals surface area contributed by atoms with Gasteiger partial charge in [-0.2, -0.15) is 0 Å². The lowest BCUT2D eigenvalue weighted by Crippen LogP contribution is -2.42. The van der Waals surface area contributed by atoms with Gasteiger partial charge in [0.1, 0.15) is 0 Å². The second-order valence-corrected chi connectivity index (χ2v) is 4.90. The predicted molar refractivity (Wildman–Crippen MR) is 63.8 cm³/mol. The molecule has 0 spiro atoms. The number of amides is 1. The number of nitrogens with zero attached hydrogens (tertiary/aromatic N) is 1. The van der Waals surface area contributed by atoms with E-state index in [2.05, 4.69) is 0 Å². The van der Waals surface area contributed by atoms with Gasteiger partial charge in [-0.05, 0) is 18.8 Å². The second kappa shape index (κ2) is 6.70. The van der Waals surface area contributed by atoms with Gasteiger partial charge < -0.3 is 20.2 Å². The third-order valence-corrected chi connectivity index (χ3v) is 3.48. The van der Waals surface area contributed by atoms with Crippen LogP contribution in [-0.2, 0) is 9.59 Å². The maximum Gasteiger partial charge on any atom is 0.307 e. The largest absolute Gasteiger partial charge is 0.481 e. The summed E-state index contributed by atoms with van der Waals surface area (Å²) in [5, 5.41) is 26.9. The summed E-state index contributed by atoms with van der Waals surface area (Å²) in [6.45, 7) is 1.83. The van der Waals surface area contributed by atoms with E-state index < -0.39 is 17.8 Å². The Labute approximate surface area is 106 Å². The van der Waals surface area contributed by atoms with Crippen molar-refractivity contribution in [3.8, 4) is 0 Å². The van der Waals surface area contributed by atoms with Crippen molar-refractivity contribution in [1.82, 2.24) is 4.90 Å². The van der Waals surface area contributed by atoms with Crippen LogP contribution in [0.5, 0.6) is 0 Å². The van der Waals surface area contributed by atoms with E-state index in [4.69, 9.17) is 15.3 Å². The first kappa shape index (κ1) is 14.9. The van der Waals surface area contributed by atoms with Crippen molar-refractivity contribution in [1.29, 1.82) is 0 Å². The number of aliphatic hydroxyl groups is 2. The molecule has 3 N–H and O–H groups in total. The van der Waals surface area contributed by atoms with Crippen molar-refractivity contribution in [2.75, 3.05) is 26.3 Å². The summed E-state index contributed by atoms with van der Waals surface area (Å²) in [5.74, 6) is -2.17. The van der Waals surface area contributed by atoms with Crippen LogP contribution >= 0.6 is 0 Å². The topological polar surface area (TPSA) is 98.1 Å². The molecule has 104 valence electrons. The molecule has 6 heteroatoms. The van der Waals surface area contributed by atoms with Crippen molar-refractivity contribution in [2.45, 2.75) is 19.8 Å². The van der Waals surface area contributed by atoms with Gasteiger partial charge in [0.15, 0.2) is 0 Å². The Morgan fingerprint density at radius 3 is 2.06 bits per heavy atom. The average molecular weight is 259 g/mol. The minimum absolute atomic E-state index is 0.136. The molecule has 0 radical (unpaired) electrons. The normalized spacial score (nSPS) is 27.2. The molecule has 1 amide bonds. The summed E-state index contributed by atoms with van der Waals surface area (Å²) in [6.07, 6.45) is 1.07. The van der Waals surface area contributed by atoms with E-state index in [0.717, 1.165) is 0 Å². The van der Waals surface area contributed by atoms with Crippen LogP contribution in [-0.4, -0.2) is 58.4 Å². The van der Waals surface area contributed by atoms with Gasteiger partial charge in [0.2, 0.25) is 5.91 Å². The molecule has 0 aliphatic heterocycles. The fraction of sp³-hybridized carbons (Fsp3) is 0.833. The van der Waals surface area contributed by atoms with Crippen LogP contribution in [0.4, 0.5) is 0 Å². The van der Waals surface area contributed by atoms with Gasteiger partial charge in [-0.3, -0.25) is 9.59 Å². The number of carbonyl (C=O) groups excluding carboxylic acids is 1. The van der Waals surface area contributed by atoms with E-state index in [9.17, 15) is 9.59 Å². The number of carboxylic acid groups (broad SMARTS) is 1. The third kappa shape index (κ3) is 3.43. The molecule has 1 fully saturated rings. The third-order valence-electron chi connectivity index (χ3n) is 3.48. The molecular formula is C12H21NO5. The maximum absolute atomic E-state index is 12.2. The lowest BCUT2D eigenvalue weighted by molar-refractivity contribution is -0.149. The summed E-state index contributed by atoms with van der Waals surface area (Å²) in [5.41, 5.74) is 0. The van der Waals surface area contributed by atoms with Crippen LogP contribution in [0.15, 0.2) is 0 Å². The number of aliphatic hydroxyl groups excluding tert-OH is 2. The minimum Gasteiger partial charge on any atom is -0.481 e. The van der Waals surface area contributed by atoms with E-state index in [1.54, 1.807) is 0 Å². The molecule has 0 heterocycles. The zero-order chi connectivity index (χ0) is 13.7. The van der Waals surface area contributed by atoms with Crippen LogP contribution in [0.1, 0.15) is 19.8 Å². The van der Waals surface area contributed by atoms with Crippen molar-refractivity contribution in [3.05, 3.63) is 0 Å². The highest BCUT2D eigenvalue weighted by atomic mass is 16.4. The lowest BCUT2D eigenvalue weighted by Gasteiger charge is -2.26. The molecule has 0 saturated heterocycles.